The summed E-state index contributed by atoms with van der Waals surface area (Å²) in [6.45, 7) is 0. The Morgan fingerprint density at radius 1 is 1.06 bits per heavy atom. The number of nitrogen functional groups attached to an aromatic ring is 1. The van der Waals surface area contributed by atoms with E-state index in [0.717, 1.165) is 4.90 Å². The van der Waals surface area contributed by atoms with Gasteiger partial charge in [0.15, 0.2) is 0 Å². The summed E-state index contributed by atoms with van der Waals surface area (Å²) < 4.78 is 13.2. The lowest BCUT2D eigenvalue weighted by Crippen LogP contribution is -1.86. The SMILES string of the molecule is Nc1ccccc1SC=Nc1ccccc1F. The number of rotatable bonds is 3. The van der Waals surface area contributed by atoms with Crippen LogP contribution < -0.4 is 5.73 Å². The molecule has 0 aliphatic heterocycles. The van der Waals surface area contributed by atoms with Crippen LogP contribution in [0.2, 0.25) is 0 Å². The van der Waals surface area contributed by atoms with Gasteiger partial charge in [-0.15, -0.1) is 0 Å². The van der Waals surface area contributed by atoms with Gasteiger partial charge < -0.3 is 5.73 Å². The largest absolute Gasteiger partial charge is 0.398 e. The lowest BCUT2D eigenvalue weighted by atomic mass is 10.3. The number of benzene rings is 2. The van der Waals surface area contributed by atoms with E-state index in [0.29, 0.717) is 11.4 Å². The quantitative estimate of drug-likeness (QED) is 0.386. The van der Waals surface area contributed by atoms with Gasteiger partial charge in [0, 0.05) is 10.6 Å². The number of hydrogen-bond acceptors (Lipinski definition) is 3. The highest BCUT2D eigenvalue weighted by Crippen LogP contribution is 2.24. The second-order valence-electron chi connectivity index (χ2n) is 3.34. The number of anilines is 1. The molecule has 17 heavy (non-hydrogen) atoms. The molecular formula is C13H11FN2S. The number of halogens is 1. The molecule has 2 nitrogen and oxygen atoms in total. The van der Waals surface area contributed by atoms with E-state index in [2.05, 4.69) is 4.99 Å². The van der Waals surface area contributed by atoms with E-state index in [1.165, 1.54) is 17.8 Å². The first-order chi connectivity index (χ1) is 8.27. The first kappa shape index (κ1) is 11.7. The van der Waals surface area contributed by atoms with Crippen molar-refractivity contribution in [3.63, 3.8) is 0 Å². The summed E-state index contributed by atoms with van der Waals surface area (Å²) in [6.07, 6.45) is 0. The van der Waals surface area contributed by atoms with Crippen molar-refractivity contribution < 1.29 is 4.39 Å². The predicted molar refractivity (Wildman–Crippen MR) is 71.3 cm³/mol. The smallest absolute Gasteiger partial charge is 0.148 e. The van der Waals surface area contributed by atoms with Crippen molar-refractivity contribution in [1.82, 2.24) is 0 Å². The summed E-state index contributed by atoms with van der Waals surface area (Å²) in [4.78, 5) is 4.96. The third-order valence-corrected chi connectivity index (χ3v) is 2.98. The molecule has 0 saturated carbocycles. The standard InChI is InChI=1S/C13H11FN2S/c14-10-5-1-3-7-12(10)16-9-17-13-8-4-2-6-11(13)15/h1-9H,15H2. The Bertz CT molecular complexity index is 540. The van der Waals surface area contributed by atoms with Gasteiger partial charge in [-0.2, -0.15) is 0 Å². The monoisotopic (exact) mass is 246 g/mol. The fourth-order valence-corrected chi connectivity index (χ4v) is 1.93. The molecule has 2 rings (SSSR count). The van der Waals surface area contributed by atoms with Gasteiger partial charge in [-0.1, -0.05) is 36.0 Å². The number of nitrogens with zero attached hydrogens (tertiary/aromatic N) is 1. The molecular weight excluding hydrogens is 235 g/mol. The second kappa shape index (κ2) is 5.50. The number of hydrogen-bond donors (Lipinski definition) is 1. The van der Waals surface area contributed by atoms with Gasteiger partial charge in [-0.25, -0.2) is 9.38 Å². The van der Waals surface area contributed by atoms with Crippen molar-refractivity contribution >= 4 is 28.7 Å². The van der Waals surface area contributed by atoms with Crippen molar-refractivity contribution in [3.8, 4) is 0 Å². The van der Waals surface area contributed by atoms with Gasteiger partial charge in [0.1, 0.15) is 5.82 Å². The minimum atomic E-state index is -0.328. The first-order valence-electron chi connectivity index (χ1n) is 5.05. The minimum absolute atomic E-state index is 0.328. The topological polar surface area (TPSA) is 38.4 Å². The van der Waals surface area contributed by atoms with Crippen molar-refractivity contribution in [3.05, 3.63) is 54.3 Å². The van der Waals surface area contributed by atoms with Crippen LogP contribution in [0.3, 0.4) is 0 Å². The Morgan fingerprint density at radius 2 is 1.76 bits per heavy atom. The molecule has 0 unspecified atom stereocenters. The zero-order valence-electron chi connectivity index (χ0n) is 9.01. The van der Waals surface area contributed by atoms with Crippen LogP contribution in [-0.2, 0) is 0 Å². The minimum Gasteiger partial charge on any atom is -0.398 e. The molecule has 4 heteroatoms. The summed E-state index contributed by atoms with van der Waals surface area (Å²) in [5.41, 5.74) is 8.38. The predicted octanol–water partition coefficient (Wildman–Crippen LogP) is 3.86. The molecule has 0 aromatic heterocycles. The molecule has 0 atom stereocenters. The van der Waals surface area contributed by atoms with Crippen molar-refractivity contribution in [2.24, 2.45) is 4.99 Å². The van der Waals surface area contributed by atoms with Crippen LogP contribution >= 0.6 is 11.8 Å². The van der Waals surface area contributed by atoms with Gasteiger partial charge in [0.05, 0.1) is 11.2 Å². The second-order valence-corrected chi connectivity index (χ2v) is 4.23. The molecule has 0 bridgehead atoms. The van der Waals surface area contributed by atoms with Crippen LogP contribution in [-0.4, -0.2) is 5.55 Å². The molecule has 2 aromatic carbocycles. The summed E-state index contributed by atoms with van der Waals surface area (Å²) in [7, 11) is 0. The zero-order valence-corrected chi connectivity index (χ0v) is 9.82. The summed E-state index contributed by atoms with van der Waals surface area (Å²) in [6, 6.07) is 13.9. The number of thioether (sulfide) groups is 1. The average molecular weight is 246 g/mol. The molecule has 0 aliphatic carbocycles. The Kier molecular flexibility index (Phi) is 3.77. The fourth-order valence-electron chi connectivity index (χ4n) is 1.28. The maximum Gasteiger partial charge on any atom is 0.148 e. The summed E-state index contributed by atoms with van der Waals surface area (Å²) in [5, 5.41) is 0. The Balaban J connectivity index is 2.09. The van der Waals surface area contributed by atoms with Gasteiger partial charge in [-0.3, -0.25) is 0 Å². The maximum atomic E-state index is 13.2. The van der Waals surface area contributed by atoms with Crippen LogP contribution in [0.15, 0.2) is 58.4 Å². The molecule has 0 heterocycles. The van der Waals surface area contributed by atoms with Gasteiger partial charge in [0.2, 0.25) is 0 Å². The molecule has 2 aromatic rings. The van der Waals surface area contributed by atoms with Gasteiger partial charge >= 0.3 is 0 Å². The Labute approximate surface area is 103 Å². The molecule has 0 amide bonds. The average Bonchev–Trinajstić information content (AvgIpc) is 2.34. The lowest BCUT2D eigenvalue weighted by molar-refractivity contribution is 0.630. The normalized spacial score (nSPS) is 10.9. The van der Waals surface area contributed by atoms with E-state index >= 15 is 0 Å². The maximum absolute atomic E-state index is 13.2. The summed E-state index contributed by atoms with van der Waals surface area (Å²) >= 11 is 1.37. The summed E-state index contributed by atoms with van der Waals surface area (Å²) in [5.74, 6) is -0.328. The van der Waals surface area contributed by atoms with Crippen LogP contribution in [0.4, 0.5) is 15.8 Å². The third kappa shape index (κ3) is 3.07. The van der Waals surface area contributed by atoms with E-state index in [1.807, 2.05) is 24.3 Å². The highest BCUT2D eigenvalue weighted by molar-refractivity contribution is 8.12. The van der Waals surface area contributed by atoms with Crippen molar-refractivity contribution in [1.29, 1.82) is 0 Å². The Morgan fingerprint density at radius 3 is 2.53 bits per heavy atom. The lowest BCUT2D eigenvalue weighted by Gasteiger charge is -2.00. The van der Waals surface area contributed by atoms with Crippen LogP contribution in [0.5, 0.6) is 0 Å². The molecule has 0 spiro atoms. The molecule has 0 saturated heterocycles. The van der Waals surface area contributed by atoms with Crippen LogP contribution in [0, 0.1) is 5.82 Å². The van der Waals surface area contributed by atoms with E-state index in [4.69, 9.17) is 5.73 Å². The number of aliphatic imine (C=N–C) groups is 1. The van der Waals surface area contributed by atoms with Crippen LogP contribution in [0.1, 0.15) is 0 Å². The van der Waals surface area contributed by atoms with Gasteiger partial charge in [0.25, 0.3) is 0 Å². The van der Waals surface area contributed by atoms with E-state index in [1.54, 1.807) is 23.7 Å². The van der Waals surface area contributed by atoms with Crippen molar-refractivity contribution in [2.45, 2.75) is 4.90 Å². The molecule has 86 valence electrons. The molecule has 0 fully saturated rings. The van der Waals surface area contributed by atoms with E-state index in [9.17, 15) is 4.39 Å². The zero-order chi connectivity index (χ0) is 12.1. The highest BCUT2D eigenvalue weighted by atomic mass is 32.2. The van der Waals surface area contributed by atoms with Crippen molar-refractivity contribution in [2.75, 3.05) is 5.73 Å². The Hall–Kier alpha value is -1.81. The third-order valence-electron chi connectivity index (χ3n) is 2.14. The highest BCUT2D eigenvalue weighted by Gasteiger charge is 1.98. The number of para-hydroxylation sites is 2. The van der Waals surface area contributed by atoms with Gasteiger partial charge in [-0.05, 0) is 24.3 Å². The van der Waals surface area contributed by atoms with Crippen LogP contribution in [0.25, 0.3) is 0 Å². The molecule has 0 radical (unpaired) electrons. The fraction of sp³-hybridized carbons (Fsp3) is 0. The van der Waals surface area contributed by atoms with E-state index < -0.39 is 0 Å². The van der Waals surface area contributed by atoms with E-state index in [-0.39, 0.29) is 5.82 Å². The molecule has 2 N–H and O–H groups in total. The first-order valence-corrected chi connectivity index (χ1v) is 5.93. The molecule has 0 aliphatic rings. The number of nitrogens with two attached hydrogens (primary N) is 1.